The number of benzene rings is 1. The lowest BCUT2D eigenvalue weighted by molar-refractivity contribution is 0.0695. The van der Waals surface area contributed by atoms with Gasteiger partial charge in [-0.15, -0.1) is 0 Å². The standard InChI is InChI=1S/C15H13NO2/c17-15(18)12-9-14(10-5-2-1-3-6-10)16-13-8-4-7-11(12)13/h1-3,5-6,9H,4,7-8H2,(H,17,18). The number of hydrogen-bond donors (Lipinski definition) is 1. The summed E-state index contributed by atoms with van der Waals surface area (Å²) in [6.07, 6.45) is 2.72. The highest BCUT2D eigenvalue weighted by molar-refractivity contribution is 5.91. The van der Waals surface area contributed by atoms with E-state index < -0.39 is 5.97 Å². The number of aromatic nitrogens is 1. The second kappa shape index (κ2) is 4.26. The Morgan fingerprint density at radius 1 is 1.17 bits per heavy atom. The fourth-order valence-corrected chi connectivity index (χ4v) is 2.49. The van der Waals surface area contributed by atoms with Crippen LogP contribution in [0.2, 0.25) is 0 Å². The molecule has 1 aromatic heterocycles. The second-order valence-corrected chi connectivity index (χ2v) is 4.51. The molecule has 2 aromatic rings. The van der Waals surface area contributed by atoms with E-state index in [2.05, 4.69) is 4.98 Å². The summed E-state index contributed by atoms with van der Waals surface area (Å²) < 4.78 is 0. The zero-order valence-electron chi connectivity index (χ0n) is 9.89. The van der Waals surface area contributed by atoms with Crippen LogP contribution in [-0.4, -0.2) is 16.1 Å². The van der Waals surface area contributed by atoms with E-state index in [1.165, 1.54) is 0 Å². The van der Waals surface area contributed by atoms with Crippen LogP contribution >= 0.6 is 0 Å². The molecule has 0 spiro atoms. The van der Waals surface area contributed by atoms with Gasteiger partial charge in [-0.1, -0.05) is 30.3 Å². The molecule has 0 bridgehead atoms. The fraction of sp³-hybridized carbons (Fsp3) is 0.200. The van der Waals surface area contributed by atoms with Crippen LogP contribution < -0.4 is 0 Å². The Bertz CT molecular complexity index is 605. The highest BCUT2D eigenvalue weighted by Gasteiger charge is 2.21. The lowest BCUT2D eigenvalue weighted by Crippen LogP contribution is -2.05. The first kappa shape index (κ1) is 11.0. The average molecular weight is 239 g/mol. The molecule has 0 aliphatic heterocycles. The number of nitrogens with zero attached hydrogens (tertiary/aromatic N) is 1. The van der Waals surface area contributed by atoms with Gasteiger partial charge in [-0.25, -0.2) is 4.79 Å². The number of aryl methyl sites for hydroxylation is 1. The van der Waals surface area contributed by atoms with Crippen molar-refractivity contribution in [3.63, 3.8) is 0 Å². The molecule has 1 heterocycles. The van der Waals surface area contributed by atoms with Crippen LogP contribution in [0, 0.1) is 0 Å². The summed E-state index contributed by atoms with van der Waals surface area (Å²) in [5.74, 6) is -0.854. The summed E-state index contributed by atoms with van der Waals surface area (Å²) in [6, 6.07) is 11.4. The van der Waals surface area contributed by atoms with Gasteiger partial charge in [0.05, 0.1) is 11.3 Å². The van der Waals surface area contributed by atoms with Gasteiger partial charge in [-0.05, 0) is 30.9 Å². The monoisotopic (exact) mass is 239 g/mol. The van der Waals surface area contributed by atoms with E-state index in [0.29, 0.717) is 5.56 Å². The predicted octanol–water partition coefficient (Wildman–Crippen LogP) is 2.94. The van der Waals surface area contributed by atoms with Crippen LogP contribution in [0.5, 0.6) is 0 Å². The van der Waals surface area contributed by atoms with Crippen LogP contribution in [0.25, 0.3) is 11.3 Å². The maximum atomic E-state index is 11.3. The molecule has 0 unspecified atom stereocenters. The Morgan fingerprint density at radius 3 is 2.67 bits per heavy atom. The Kier molecular flexibility index (Phi) is 2.59. The third kappa shape index (κ3) is 1.78. The number of hydrogen-bond acceptors (Lipinski definition) is 2. The van der Waals surface area contributed by atoms with E-state index in [0.717, 1.165) is 41.8 Å². The van der Waals surface area contributed by atoms with Crippen LogP contribution in [-0.2, 0) is 12.8 Å². The molecule has 0 fully saturated rings. The molecule has 0 saturated carbocycles. The molecule has 3 nitrogen and oxygen atoms in total. The summed E-state index contributed by atoms with van der Waals surface area (Å²) in [5, 5.41) is 9.29. The highest BCUT2D eigenvalue weighted by Crippen LogP contribution is 2.28. The third-order valence-electron chi connectivity index (χ3n) is 3.35. The van der Waals surface area contributed by atoms with Crippen molar-refractivity contribution in [2.45, 2.75) is 19.3 Å². The number of carboxylic acid groups (broad SMARTS) is 1. The summed E-state index contributed by atoms with van der Waals surface area (Å²) >= 11 is 0. The largest absolute Gasteiger partial charge is 0.478 e. The number of fused-ring (bicyclic) bond motifs is 1. The van der Waals surface area contributed by atoms with Crippen molar-refractivity contribution in [2.24, 2.45) is 0 Å². The lowest BCUT2D eigenvalue weighted by atomic mass is 10.0. The van der Waals surface area contributed by atoms with Crippen molar-refractivity contribution in [2.75, 3.05) is 0 Å². The Labute approximate surface area is 105 Å². The van der Waals surface area contributed by atoms with Gasteiger partial charge >= 0.3 is 5.97 Å². The second-order valence-electron chi connectivity index (χ2n) is 4.51. The van der Waals surface area contributed by atoms with Crippen LogP contribution in [0.15, 0.2) is 36.4 Å². The molecule has 0 radical (unpaired) electrons. The van der Waals surface area contributed by atoms with Crippen molar-refractivity contribution >= 4 is 5.97 Å². The number of carboxylic acids is 1. The highest BCUT2D eigenvalue weighted by atomic mass is 16.4. The number of rotatable bonds is 2. The van der Waals surface area contributed by atoms with E-state index in [1.54, 1.807) is 6.07 Å². The third-order valence-corrected chi connectivity index (χ3v) is 3.35. The molecule has 0 atom stereocenters. The van der Waals surface area contributed by atoms with Gasteiger partial charge in [0.25, 0.3) is 0 Å². The molecule has 0 amide bonds. The van der Waals surface area contributed by atoms with E-state index in [1.807, 2.05) is 30.3 Å². The molecule has 1 aliphatic rings. The van der Waals surface area contributed by atoms with Crippen molar-refractivity contribution < 1.29 is 9.90 Å². The van der Waals surface area contributed by atoms with E-state index in [9.17, 15) is 9.90 Å². The molecule has 3 rings (SSSR count). The molecule has 18 heavy (non-hydrogen) atoms. The summed E-state index contributed by atoms with van der Waals surface area (Å²) in [6.45, 7) is 0. The summed E-state index contributed by atoms with van der Waals surface area (Å²) in [4.78, 5) is 15.9. The quantitative estimate of drug-likeness (QED) is 0.876. The number of pyridine rings is 1. The first-order valence-corrected chi connectivity index (χ1v) is 6.07. The number of carbonyl (C=O) groups is 1. The van der Waals surface area contributed by atoms with Gasteiger partial charge in [0.1, 0.15) is 0 Å². The Hall–Kier alpha value is -2.16. The van der Waals surface area contributed by atoms with Crippen molar-refractivity contribution in [1.29, 1.82) is 0 Å². The molecular weight excluding hydrogens is 226 g/mol. The maximum Gasteiger partial charge on any atom is 0.336 e. The molecule has 1 aliphatic carbocycles. The smallest absolute Gasteiger partial charge is 0.336 e. The van der Waals surface area contributed by atoms with Crippen LogP contribution in [0.4, 0.5) is 0 Å². The molecular formula is C15H13NO2. The zero-order chi connectivity index (χ0) is 12.5. The number of aromatic carboxylic acids is 1. The maximum absolute atomic E-state index is 11.3. The van der Waals surface area contributed by atoms with Gasteiger partial charge in [-0.2, -0.15) is 0 Å². The van der Waals surface area contributed by atoms with Crippen LogP contribution in [0.3, 0.4) is 0 Å². The molecule has 1 aromatic carbocycles. The van der Waals surface area contributed by atoms with Crippen molar-refractivity contribution in [1.82, 2.24) is 4.98 Å². The average Bonchev–Trinajstić information content (AvgIpc) is 2.86. The minimum Gasteiger partial charge on any atom is -0.478 e. The summed E-state index contributed by atoms with van der Waals surface area (Å²) in [7, 11) is 0. The van der Waals surface area contributed by atoms with Crippen molar-refractivity contribution in [3.05, 3.63) is 53.2 Å². The van der Waals surface area contributed by atoms with E-state index in [4.69, 9.17) is 0 Å². The van der Waals surface area contributed by atoms with Gasteiger partial charge in [0.2, 0.25) is 0 Å². The minimum atomic E-state index is -0.854. The van der Waals surface area contributed by atoms with Gasteiger partial charge in [-0.3, -0.25) is 4.98 Å². The normalized spacial score (nSPS) is 13.3. The Morgan fingerprint density at radius 2 is 1.94 bits per heavy atom. The minimum absolute atomic E-state index is 0.413. The van der Waals surface area contributed by atoms with Crippen molar-refractivity contribution in [3.8, 4) is 11.3 Å². The van der Waals surface area contributed by atoms with Gasteiger partial charge < -0.3 is 5.11 Å². The van der Waals surface area contributed by atoms with E-state index in [-0.39, 0.29) is 0 Å². The Balaban J connectivity index is 2.18. The molecule has 1 N–H and O–H groups in total. The van der Waals surface area contributed by atoms with Gasteiger partial charge in [0, 0.05) is 11.3 Å². The molecule has 0 saturated heterocycles. The SMILES string of the molecule is O=C(O)c1cc(-c2ccccc2)nc2c1CCC2. The molecule has 90 valence electrons. The lowest BCUT2D eigenvalue weighted by Gasteiger charge is -2.08. The topological polar surface area (TPSA) is 50.2 Å². The van der Waals surface area contributed by atoms with Crippen LogP contribution in [0.1, 0.15) is 28.0 Å². The first-order chi connectivity index (χ1) is 8.75. The summed E-state index contributed by atoms with van der Waals surface area (Å²) in [5.41, 5.74) is 4.01. The zero-order valence-corrected chi connectivity index (χ0v) is 9.89. The predicted molar refractivity (Wildman–Crippen MR) is 68.7 cm³/mol. The fourth-order valence-electron chi connectivity index (χ4n) is 2.49. The molecule has 3 heteroatoms. The first-order valence-electron chi connectivity index (χ1n) is 6.07. The van der Waals surface area contributed by atoms with E-state index >= 15 is 0 Å². The van der Waals surface area contributed by atoms with Gasteiger partial charge in [0.15, 0.2) is 0 Å².